The maximum absolute atomic E-state index is 13.5. The minimum Gasteiger partial charge on any atom is -0.497 e. The largest absolute Gasteiger partial charge is 0.497 e. The molecule has 0 bridgehead atoms. The van der Waals surface area contributed by atoms with E-state index in [1.54, 1.807) is 48.5 Å². The van der Waals surface area contributed by atoms with Gasteiger partial charge in [0.1, 0.15) is 22.8 Å². The number of halogens is 1. The van der Waals surface area contributed by atoms with Crippen molar-refractivity contribution < 1.29 is 23.1 Å². The fourth-order valence-electron chi connectivity index (χ4n) is 2.89. The van der Waals surface area contributed by atoms with Crippen molar-refractivity contribution in [1.82, 2.24) is 4.98 Å². The number of carbonyl (C=O) groups excluding carboxylic acids is 1. The molecule has 0 aliphatic rings. The van der Waals surface area contributed by atoms with Crippen LogP contribution in [0.3, 0.4) is 0 Å². The third-order valence-corrected chi connectivity index (χ3v) is 4.33. The van der Waals surface area contributed by atoms with Crippen molar-refractivity contribution >= 4 is 22.7 Å². The quantitative estimate of drug-likeness (QED) is 0.523. The number of benzene rings is 3. The van der Waals surface area contributed by atoms with Crippen LogP contribution in [0.1, 0.15) is 10.4 Å². The number of hydrogen-bond acceptors (Lipinski definition) is 5. The molecule has 0 spiro atoms. The molecule has 0 aliphatic carbocycles. The molecule has 1 heterocycles. The minimum atomic E-state index is -0.369. The molecule has 0 atom stereocenters. The first-order valence-corrected chi connectivity index (χ1v) is 8.76. The van der Waals surface area contributed by atoms with Crippen molar-refractivity contribution in [2.24, 2.45) is 0 Å². The Morgan fingerprint density at radius 3 is 2.45 bits per heavy atom. The molecule has 0 unspecified atom stereocenters. The Labute approximate surface area is 165 Å². The standard InChI is InChI=1S/C22H17FN2O4/c1-27-17-9-14(10-18(12-17)28-2)21(26)24-16-6-7-19-20(11-16)29-22(25-19)13-4-3-5-15(23)8-13/h3-12H,1-2H3,(H,24,26). The zero-order valence-corrected chi connectivity index (χ0v) is 15.7. The SMILES string of the molecule is COc1cc(OC)cc(C(=O)Nc2ccc3nc(-c4cccc(F)c4)oc3c2)c1. The van der Waals surface area contributed by atoms with Crippen LogP contribution >= 0.6 is 0 Å². The van der Waals surface area contributed by atoms with E-state index in [1.165, 1.54) is 26.4 Å². The molecule has 7 heteroatoms. The lowest BCUT2D eigenvalue weighted by Crippen LogP contribution is -2.12. The van der Waals surface area contributed by atoms with Gasteiger partial charge < -0.3 is 19.2 Å². The molecule has 4 aromatic rings. The fraction of sp³-hybridized carbons (Fsp3) is 0.0909. The highest BCUT2D eigenvalue weighted by Crippen LogP contribution is 2.28. The molecule has 1 N–H and O–H groups in total. The first-order chi connectivity index (χ1) is 14.1. The molecule has 0 saturated carbocycles. The molecule has 6 nitrogen and oxygen atoms in total. The highest BCUT2D eigenvalue weighted by atomic mass is 19.1. The number of nitrogens with zero attached hydrogens (tertiary/aromatic N) is 1. The van der Waals surface area contributed by atoms with Crippen LogP contribution in [0.15, 0.2) is 65.1 Å². The van der Waals surface area contributed by atoms with E-state index in [2.05, 4.69) is 10.3 Å². The molecule has 0 radical (unpaired) electrons. The Kier molecular flexibility index (Phi) is 4.87. The van der Waals surface area contributed by atoms with Crippen molar-refractivity contribution in [3.05, 3.63) is 72.0 Å². The van der Waals surface area contributed by atoms with E-state index in [0.29, 0.717) is 45.3 Å². The summed E-state index contributed by atoms with van der Waals surface area (Å²) in [4.78, 5) is 17.0. The molecular weight excluding hydrogens is 375 g/mol. The van der Waals surface area contributed by atoms with Crippen molar-refractivity contribution in [2.75, 3.05) is 19.5 Å². The summed E-state index contributed by atoms with van der Waals surface area (Å²) in [7, 11) is 3.04. The van der Waals surface area contributed by atoms with Gasteiger partial charge in [-0.2, -0.15) is 0 Å². The van der Waals surface area contributed by atoms with Gasteiger partial charge in [0.05, 0.1) is 14.2 Å². The Hall–Kier alpha value is -3.87. The molecular formula is C22H17FN2O4. The van der Waals surface area contributed by atoms with Crippen molar-refractivity contribution in [3.63, 3.8) is 0 Å². The normalized spacial score (nSPS) is 10.7. The summed E-state index contributed by atoms with van der Waals surface area (Å²) in [6, 6.07) is 16.0. The van der Waals surface area contributed by atoms with E-state index in [4.69, 9.17) is 13.9 Å². The van der Waals surface area contributed by atoms with Crippen LogP contribution in [0.2, 0.25) is 0 Å². The zero-order chi connectivity index (χ0) is 20.4. The predicted octanol–water partition coefficient (Wildman–Crippen LogP) is 4.90. The highest BCUT2D eigenvalue weighted by Gasteiger charge is 2.13. The van der Waals surface area contributed by atoms with Gasteiger partial charge in [-0.1, -0.05) is 6.07 Å². The van der Waals surface area contributed by atoms with E-state index < -0.39 is 0 Å². The molecule has 29 heavy (non-hydrogen) atoms. The van der Waals surface area contributed by atoms with Gasteiger partial charge in [0.2, 0.25) is 5.89 Å². The molecule has 3 aromatic carbocycles. The minimum absolute atomic E-state index is 0.306. The highest BCUT2D eigenvalue weighted by molar-refractivity contribution is 6.05. The first-order valence-electron chi connectivity index (χ1n) is 8.76. The number of anilines is 1. The van der Waals surface area contributed by atoms with Gasteiger partial charge in [-0.25, -0.2) is 9.37 Å². The van der Waals surface area contributed by atoms with Crippen LogP contribution in [0.4, 0.5) is 10.1 Å². The number of amides is 1. The molecule has 1 aromatic heterocycles. The third kappa shape index (κ3) is 3.89. The van der Waals surface area contributed by atoms with Gasteiger partial charge in [0.25, 0.3) is 5.91 Å². The van der Waals surface area contributed by atoms with E-state index in [0.717, 1.165) is 0 Å². The monoisotopic (exact) mass is 392 g/mol. The van der Waals surface area contributed by atoms with Gasteiger partial charge in [-0.3, -0.25) is 4.79 Å². The number of rotatable bonds is 5. The van der Waals surface area contributed by atoms with Crippen LogP contribution in [-0.4, -0.2) is 25.1 Å². The van der Waals surface area contributed by atoms with Gasteiger partial charge in [0, 0.05) is 28.9 Å². The zero-order valence-electron chi connectivity index (χ0n) is 15.7. The molecule has 146 valence electrons. The summed E-state index contributed by atoms with van der Waals surface area (Å²) in [6.07, 6.45) is 0. The number of ether oxygens (including phenoxy) is 2. The first kappa shape index (κ1) is 18.5. The Bertz CT molecular complexity index is 1180. The van der Waals surface area contributed by atoms with E-state index in [9.17, 15) is 9.18 Å². The summed E-state index contributed by atoms with van der Waals surface area (Å²) >= 11 is 0. The van der Waals surface area contributed by atoms with Crippen LogP contribution < -0.4 is 14.8 Å². The van der Waals surface area contributed by atoms with E-state index in [-0.39, 0.29) is 11.7 Å². The lowest BCUT2D eigenvalue weighted by molar-refractivity contribution is 0.102. The number of aromatic nitrogens is 1. The average molecular weight is 392 g/mol. The van der Waals surface area contributed by atoms with E-state index >= 15 is 0 Å². The second-order valence-corrected chi connectivity index (χ2v) is 6.27. The Morgan fingerprint density at radius 1 is 1.00 bits per heavy atom. The molecule has 0 fully saturated rings. The number of hydrogen-bond donors (Lipinski definition) is 1. The third-order valence-electron chi connectivity index (χ3n) is 4.33. The number of nitrogens with one attached hydrogen (secondary N) is 1. The lowest BCUT2D eigenvalue weighted by Gasteiger charge is -2.09. The number of carbonyl (C=O) groups is 1. The molecule has 0 saturated heterocycles. The van der Waals surface area contributed by atoms with Crippen molar-refractivity contribution in [1.29, 1.82) is 0 Å². The second kappa shape index (κ2) is 7.63. The van der Waals surface area contributed by atoms with Crippen LogP contribution in [-0.2, 0) is 0 Å². The molecule has 1 amide bonds. The van der Waals surface area contributed by atoms with Crippen LogP contribution in [0.5, 0.6) is 11.5 Å². The summed E-state index contributed by atoms with van der Waals surface area (Å²) in [6.45, 7) is 0. The number of oxazole rings is 1. The van der Waals surface area contributed by atoms with Gasteiger partial charge in [-0.15, -0.1) is 0 Å². The maximum atomic E-state index is 13.5. The van der Waals surface area contributed by atoms with Crippen LogP contribution in [0, 0.1) is 5.82 Å². The fourth-order valence-corrected chi connectivity index (χ4v) is 2.89. The lowest BCUT2D eigenvalue weighted by atomic mass is 10.1. The van der Waals surface area contributed by atoms with Gasteiger partial charge in [0.15, 0.2) is 5.58 Å². The van der Waals surface area contributed by atoms with Gasteiger partial charge in [-0.05, 0) is 42.5 Å². The van der Waals surface area contributed by atoms with Crippen LogP contribution in [0.25, 0.3) is 22.6 Å². The number of methoxy groups -OCH3 is 2. The summed E-state index contributed by atoms with van der Waals surface area (Å²) in [5, 5.41) is 2.81. The van der Waals surface area contributed by atoms with Crippen molar-refractivity contribution in [2.45, 2.75) is 0 Å². The Morgan fingerprint density at radius 2 is 1.76 bits per heavy atom. The predicted molar refractivity (Wildman–Crippen MR) is 107 cm³/mol. The average Bonchev–Trinajstić information content (AvgIpc) is 3.16. The smallest absolute Gasteiger partial charge is 0.255 e. The maximum Gasteiger partial charge on any atom is 0.255 e. The number of fused-ring (bicyclic) bond motifs is 1. The van der Waals surface area contributed by atoms with Crippen molar-refractivity contribution in [3.8, 4) is 23.0 Å². The molecule has 0 aliphatic heterocycles. The van der Waals surface area contributed by atoms with E-state index in [1.807, 2.05) is 0 Å². The molecule has 4 rings (SSSR count). The topological polar surface area (TPSA) is 73.6 Å². The summed E-state index contributed by atoms with van der Waals surface area (Å²) in [5.74, 6) is 0.637. The van der Waals surface area contributed by atoms with Gasteiger partial charge >= 0.3 is 0 Å². The Balaban J connectivity index is 1.61. The summed E-state index contributed by atoms with van der Waals surface area (Å²) < 4.78 is 29.6. The summed E-state index contributed by atoms with van der Waals surface area (Å²) in [5.41, 5.74) is 2.54. The second-order valence-electron chi connectivity index (χ2n) is 6.27.